The Labute approximate surface area is 90.2 Å². The molecule has 0 aliphatic rings. The molecule has 0 aliphatic carbocycles. The second-order valence-corrected chi connectivity index (χ2v) is 4.52. The van der Waals surface area contributed by atoms with Gasteiger partial charge in [0.1, 0.15) is 6.73 Å². The first kappa shape index (κ1) is 11.3. The highest BCUT2D eigenvalue weighted by Crippen LogP contribution is 2.15. The van der Waals surface area contributed by atoms with Crippen molar-refractivity contribution in [1.82, 2.24) is 0 Å². The molecular formula is C11H16ClNO. The van der Waals surface area contributed by atoms with Crippen LogP contribution >= 0.6 is 11.6 Å². The Morgan fingerprint density at radius 2 is 2.07 bits per heavy atom. The second-order valence-electron chi connectivity index (χ2n) is 4.09. The highest BCUT2D eigenvalue weighted by atomic mass is 35.5. The normalized spacial score (nSPS) is 11.4. The summed E-state index contributed by atoms with van der Waals surface area (Å²) in [5.74, 6) is 0. The summed E-state index contributed by atoms with van der Waals surface area (Å²) in [4.78, 5) is 0. The fourth-order valence-corrected chi connectivity index (χ4v) is 1.12. The molecule has 0 fully saturated rings. The highest BCUT2D eigenvalue weighted by molar-refractivity contribution is 6.30. The lowest BCUT2D eigenvalue weighted by atomic mass is 10.2. The number of hydrogen-bond acceptors (Lipinski definition) is 2. The first-order chi connectivity index (χ1) is 6.47. The smallest absolute Gasteiger partial charge is 0.117 e. The molecule has 0 aliphatic heterocycles. The van der Waals surface area contributed by atoms with E-state index in [1.807, 2.05) is 45.0 Å². The third-order valence-corrected chi connectivity index (χ3v) is 1.84. The number of hydrogen-bond donors (Lipinski definition) is 1. The standard InChI is InChI=1S/C11H16ClNO/c1-11(2,3)14-8-13-10-6-4-5-9(12)7-10/h4-7,13H,8H2,1-3H3. The van der Waals surface area contributed by atoms with Crippen LogP contribution in [0.3, 0.4) is 0 Å². The maximum atomic E-state index is 5.83. The van der Waals surface area contributed by atoms with Crippen LogP contribution in [0.1, 0.15) is 20.8 Å². The molecule has 1 aromatic carbocycles. The zero-order valence-electron chi connectivity index (χ0n) is 8.80. The molecule has 1 rings (SSSR count). The molecule has 3 heteroatoms. The molecule has 0 unspecified atom stereocenters. The van der Waals surface area contributed by atoms with E-state index in [2.05, 4.69) is 5.32 Å². The summed E-state index contributed by atoms with van der Waals surface area (Å²) in [6.45, 7) is 6.55. The lowest BCUT2D eigenvalue weighted by molar-refractivity contribution is 0.00846. The average molecular weight is 214 g/mol. The number of anilines is 1. The number of rotatable bonds is 3. The summed E-state index contributed by atoms with van der Waals surface area (Å²) in [5.41, 5.74) is 0.854. The summed E-state index contributed by atoms with van der Waals surface area (Å²) < 4.78 is 5.52. The quantitative estimate of drug-likeness (QED) is 0.776. The Morgan fingerprint density at radius 3 is 2.64 bits per heavy atom. The molecule has 0 amide bonds. The topological polar surface area (TPSA) is 21.3 Å². The van der Waals surface area contributed by atoms with Crippen LogP contribution in [0.15, 0.2) is 24.3 Å². The van der Waals surface area contributed by atoms with Gasteiger partial charge in [0, 0.05) is 10.7 Å². The molecule has 0 radical (unpaired) electrons. The lowest BCUT2D eigenvalue weighted by Crippen LogP contribution is -2.23. The molecule has 0 bridgehead atoms. The summed E-state index contributed by atoms with van der Waals surface area (Å²) >= 11 is 5.83. The van der Waals surface area contributed by atoms with E-state index in [0.29, 0.717) is 6.73 Å². The van der Waals surface area contributed by atoms with Crippen molar-refractivity contribution in [3.8, 4) is 0 Å². The zero-order valence-corrected chi connectivity index (χ0v) is 9.56. The number of nitrogens with one attached hydrogen (secondary N) is 1. The molecule has 0 saturated carbocycles. The molecule has 0 spiro atoms. The van der Waals surface area contributed by atoms with Crippen molar-refractivity contribution in [3.05, 3.63) is 29.3 Å². The summed E-state index contributed by atoms with van der Waals surface area (Å²) in [6.07, 6.45) is 0. The van der Waals surface area contributed by atoms with E-state index in [9.17, 15) is 0 Å². The summed E-state index contributed by atoms with van der Waals surface area (Å²) in [5, 5.41) is 3.86. The Bertz CT molecular complexity index is 294. The average Bonchev–Trinajstić information content (AvgIpc) is 2.01. The van der Waals surface area contributed by atoms with Gasteiger partial charge in [0.05, 0.1) is 5.60 Å². The molecule has 0 aromatic heterocycles. The van der Waals surface area contributed by atoms with Gasteiger partial charge in [-0.3, -0.25) is 0 Å². The van der Waals surface area contributed by atoms with Gasteiger partial charge >= 0.3 is 0 Å². The van der Waals surface area contributed by atoms with Gasteiger partial charge in [-0.2, -0.15) is 0 Å². The molecule has 1 N–H and O–H groups in total. The fraction of sp³-hybridized carbons (Fsp3) is 0.455. The number of ether oxygens (including phenoxy) is 1. The van der Waals surface area contributed by atoms with Crippen molar-refractivity contribution in [2.45, 2.75) is 26.4 Å². The molecule has 0 heterocycles. The lowest BCUT2D eigenvalue weighted by Gasteiger charge is -2.20. The molecule has 1 aromatic rings. The van der Waals surface area contributed by atoms with Gasteiger partial charge in [0.2, 0.25) is 0 Å². The van der Waals surface area contributed by atoms with Crippen LogP contribution in [0.2, 0.25) is 5.02 Å². The van der Waals surface area contributed by atoms with E-state index in [1.54, 1.807) is 0 Å². The number of halogens is 1. The maximum Gasteiger partial charge on any atom is 0.117 e. The van der Waals surface area contributed by atoms with Gasteiger partial charge < -0.3 is 10.1 Å². The maximum absolute atomic E-state index is 5.83. The van der Waals surface area contributed by atoms with Crippen LogP contribution in [0, 0.1) is 0 Å². The molecular weight excluding hydrogens is 198 g/mol. The van der Waals surface area contributed by atoms with Crippen LogP contribution in [-0.4, -0.2) is 12.3 Å². The Morgan fingerprint density at radius 1 is 1.36 bits per heavy atom. The summed E-state index contributed by atoms with van der Waals surface area (Å²) in [7, 11) is 0. The minimum atomic E-state index is -0.119. The third-order valence-electron chi connectivity index (χ3n) is 1.61. The second kappa shape index (κ2) is 4.67. The third kappa shape index (κ3) is 4.49. The molecule has 0 saturated heterocycles. The van der Waals surface area contributed by atoms with E-state index in [0.717, 1.165) is 10.7 Å². The van der Waals surface area contributed by atoms with Crippen molar-refractivity contribution >= 4 is 17.3 Å². The van der Waals surface area contributed by atoms with E-state index in [4.69, 9.17) is 16.3 Å². The van der Waals surface area contributed by atoms with Gasteiger partial charge in [-0.15, -0.1) is 0 Å². The van der Waals surface area contributed by atoms with Crippen LogP contribution < -0.4 is 5.32 Å². The molecule has 2 nitrogen and oxygen atoms in total. The van der Waals surface area contributed by atoms with Crippen LogP contribution in [0.25, 0.3) is 0 Å². The molecule has 14 heavy (non-hydrogen) atoms. The Balaban J connectivity index is 2.39. The SMILES string of the molecule is CC(C)(C)OCNc1cccc(Cl)c1. The van der Waals surface area contributed by atoms with E-state index in [-0.39, 0.29) is 5.60 Å². The highest BCUT2D eigenvalue weighted by Gasteiger charge is 2.08. The van der Waals surface area contributed by atoms with Gasteiger partial charge in [-0.1, -0.05) is 17.7 Å². The van der Waals surface area contributed by atoms with Crippen molar-refractivity contribution < 1.29 is 4.74 Å². The van der Waals surface area contributed by atoms with E-state index < -0.39 is 0 Å². The first-order valence-corrected chi connectivity index (χ1v) is 4.98. The Kier molecular flexibility index (Phi) is 3.78. The summed E-state index contributed by atoms with van der Waals surface area (Å²) in [6, 6.07) is 7.57. The van der Waals surface area contributed by atoms with Crippen molar-refractivity contribution in [1.29, 1.82) is 0 Å². The minimum Gasteiger partial charge on any atom is -0.363 e. The molecule has 78 valence electrons. The largest absolute Gasteiger partial charge is 0.363 e. The minimum absolute atomic E-state index is 0.119. The van der Waals surface area contributed by atoms with Crippen LogP contribution in [0.5, 0.6) is 0 Å². The zero-order chi connectivity index (χ0) is 10.6. The first-order valence-electron chi connectivity index (χ1n) is 4.61. The van der Waals surface area contributed by atoms with Crippen LogP contribution in [-0.2, 0) is 4.74 Å². The van der Waals surface area contributed by atoms with Crippen LogP contribution in [0.4, 0.5) is 5.69 Å². The predicted octanol–water partition coefficient (Wildman–Crippen LogP) is 3.52. The Hall–Kier alpha value is -0.730. The van der Waals surface area contributed by atoms with Crippen molar-refractivity contribution in [3.63, 3.8) is 0 Å². The van der Waals surface area contributed by atoms with E-state index >= 15 is 0 Å². The van der Waals surface area contributed by atoms with Gasteiger partial charge in [0.25, 0.3) is 0 Å². The molecule has 0 atom stereocenters. The monoisotopic (exact) mass is 213 g/mol. The predicted molar refractivity (Wildman–Crippen MR) is 60.8 cm³/mol. The van der Waals surface area contributed by atoms with Gasteiger partial charge in [-0.05, 0) is 39.0 Å². The number of benzene rings is 1. The van der Waals surface area contributed by atoms with E-state index in [1.165, 1.54) is 0 Å². The van der Waals surface area contributed by atoms with Crippen molar-refractivity contribution in [2.24, 2.45) is 0 Å². The van der Waals surface area contributed by atoms with Gasteiger partial charge in [-0.25, -0.2) is 0 Å². The fourth-order valence-electron chi connectivity index (χ4n) is 0.934. The van der Waals surface area contributed by atoms with Crippen molar-refractivity contribution in [2.75, 3.05) is 12.0 Å². The van der Waals surface area contributed by atoms with Gasteiger partial charge in [0.15, 0.2) is 0 Å².